The van der Waals surface area contributed by atoms with Crippen LogP contribution in [0, 0.1) is 11.3 Å². The summed E-state index contributed by atoms with van der Waals surface area (Å²) in [6.07, 6.45) is 1.25. The fourth-order valence-electron chi connectivity index (χ4n) is 0.824. The van der Waals surface area contributed by atoms with E-state index in [4.69, 9.17) is 0 Å². The fourth-order valence-corrected chi connectivity index (χ4v) is 0.824. The SMILES string of the molecule is CCC(C)(C)CNCC(C)C. The minimum Gasteiger partial charge on any atom is -0.316 e. The van der Waals surface area contributed by atoms with Gasteiger partial charge in [-0.15, -0.1) is 0 Å². The fraction of sp³-hybridized carbons (Fsp3) is 1.00. The van der Waals surface area contributed by atoms with Crippen molar-refractivity contribution < 1.29 is 0 Å². The molecule has 0 heterocycles. The maximum absolute atomic E-state index is 3.48. The van der Waals surface area contributed by atoms with Crippen LogP contribution in [0.15, 0.2) is 0 Å². The maximum atomic E-state index is 3.48. The first-order valence-electron chi connectivity index (χ1n) is 4.68. The van der Waals surface area contributed by atoms with Crippen LogP contribution in [0.3, 0.4) is 0 Å². The smallest absolute Gasteiger partial charge is 0.000253 e. The van der Waals surface area contributed by atoms with E-state index >= 15 is 0 Å². The molecule has 0 aliphatic carbocycles. The lowest BCUT2D eigenvalue weighted by atomic mass is 9.90. The summed E-state index contributed by atoms with van der Waals surface area (Å²) in [4.78, 5) is 0. The van der Waals surface area contributed by atoms with E-state index in [-0.39, 0.29) is 0 Å². The molecule has 0 fully saturated rings. The van der Waals surface area contributed by atoms with Crippen molar-refractivity contribution in [3.05, 3.63) is 0 Å². The van der Waals surface area contributed by atoms with Crippen molar-refractivity contribution in [2.24, 2.45) is 11.3 Å². The Kier molecular flexibility index (Phi) is 4.74. The molecule has 0 unspecified atom stereocenters. The van der Waals surface area contributed by atoms with Gasteiger partial charge in [0.05, 0.1) is 0 Å². The third-order valence-electron chi connectivity index (χ3n) is 2.11. The van der Waals surface area contributed by atoms with Gasteiger partial charge in [-0.1, -0.05) is 34.6 Å². The van der Waals surface area contributed by atoms with Crippen LogP contribution in [0.2, 0.25) is 0 Å². The molecule has 0 rings (SSSR count). The van der Waals surface area contributed by atoms with Gasteiger partial charge >= 0.3 is 0 Å². The molecule has 1 N–H and O–H groups in total. The van der Waals surface area contributed by atoms with E-state index in [0.29, 0.717) is 5.41 Å². The molecule has 1 nitrogen and oxygen atoms in total. The molecule has 0 atom stereocenters. The zero-order valence-corrected chi connectivity index (χ0v) is 8.70. The molecule has 0 saturated carbocycles. The van der Waals surface area contributed by atoms with Crippen LogP contribution in [0.4, 0.5) is 0 Å². The highest BCUT2D eigenvalue weighted by Crippen LogP contribution is 2.17. The van der Waals surface area contributed by atoms with Crippen LogP contribution in [0.25, 0.3) is 0 Å². The zero-order chi connectivity index (χ0) is 8.91. The van der Waals surface area contributed by atoms with Gasteiger partial charge in [-0.05, 0) is 24.3 Å². The van der Waals surface area contributed by atoms with Crippen LogP contribution in [-0.4, -0.2) is 13.1 Å². The largest absolute Gasteiger partial charge is 0.316 e. The minimum absolute atomic E-state index is 0.467. The van der Waals surface area contributed by atoms with Gasteiger partial charge in [-0.25, -0.2) is 0 Å². The first-order valence-corrected chi connectivity index (χ1v) is 4.68. The summed E-state index contributed by atoms with van der Waals surface area (Å²) >= 11 is 0. The van der Waals surface area contributed by atoms with E-state index in [9.17, 15) is 0 Å². The van der Waals surface area contributed by atoms with Crippen molar-refractivity contribution >= 4 is 0 Å². The molecule has 0 bridgehead atoms. The molecule has 0 spiro atoms. The number of hydrogen-bond acceptors (Lipinski definition) is 1. The van der Waals surface area contributed by atoms with Crippen LogP contribution >= 0.6 is 0 Å². The van der Waals surface area contributed by atoms with Gasteiger partial charge in [0.25, 0.3) is 0 Å². The topological polar surface area (TPSA) is 12.0 Å². The summed E-state index contributed by atoms with van der Waals surface area (Å²) in [5.74, 6) is 0.766. The van der Waals surface area contributed by atoms with E-state index < -0.39 is 0 Å². The Balaban J connectivity index is 3.38. The second-order valence-electron chi connectivity index (χ2n) is 4.54. The number of nitrogens with one attached hydrogen (secondary N) is 1. The third-order valence-corrected chi connectivity index (χ3v) is 2.11. The normalized spacial score (nSPS) is 12.5. The molecule has 11 heavy (non-hydrogen) atoms. The van der Waals surface area contributed by atoms with Gasteiger partial charge in [-0.2, -0.15) is 0 Å². The predicted octanol–water partition coefficient (Wildman–Crippen LogP) is 2.67. The summed E-state index contributed by atoms with van der Waals surface area (Å²) in [6, 6.07) is 0. The molecule has 0 aromatic heterocycles. The highest BCUT2D eigenvalue weighted by molar-refractivity contribution is 4.69. The Morgan fingerprint density at radius 2 is 1.82 bits per heavy atom. The Morgan fingerprint density at radius 1 is 1.27 bits per heavy atom. The highest BCUT2D eigenvalue weighted by Gasteiger charge is 2.13. The third kappa shape index (κ3) is 6.36. The quantitative estimate of drug-likeness (QED) is 0.647. The Labute approximate surface area is 71.6 Å². The minimum atomic E-state index is 0.467. The summed E-state index contributed by atoms with van der Waals surface area (Å²) in [5.41, 5.74) is 0.467. The second-order valence-corrected chi connectivity index (χ2v) is 4.54. The van der Waals surface area contributed by atoms with Crippen LogP contribution in [-0.2, 0) is 0 Å². The Morgan fingerprint density at radius 3 is 2.18 bits per heavy atom. The molecule has 0 aliphatic rings. The number of hydrogen-bond donors (Lipinski definition) is 1. The van der Waals surface area contributed by atoms with E-state index in [1.165, 1.54) is 6.42 Å². The van der Waals surface area contributed by atoms with Crippen molar-refractivity contribution in [2.75, 3.05) is 13.1 Å². The molecular weight excluding hydrogens is 134 g/mol. The zero-order valence-electron chi connectivity index (χ0n) is 8.70. The lowest BCUT2D eigenvalue weighted by Crippen LogP contribution is -2.31. The molecule has 0 amide bonds. The summed E-state index contributed by atoms with van der Waals surface area (Å²) in [7, 11) is 0. The molecule has 1 heteroatoms. The number of rotatable bonds is 5. The lowest BCUT2D eigenvalue weighted by molar-refractivity contribution is 0.321. The van der Waals surface area contributed by atoms with E-state index in [1.54, 1.807) is 0 Å². The predicted molar refractivity (Wildman–Crippen MR) is 51.8 cm³/mol. The van der Waals surface area contributed by atoms with Gasteiger partial charge in [0.15, 0.2) is 0 Å². The van der Waals surface area contributed by atoms with Crippen LogP contribution in [0.1, 0.15) is 41.0 Å². The van der Waals surface area contributed by atoms with Crippen LogP contribution < -0.4 is 5.32 Å². The van der Waals surface area contributed by atoms with E-state index in [1.807, 2.05) is 0 Å². The lowest BCUT2D eigenvalue weighted by Gasteiger charge is -2.23. The van der Waals surface area contributed by atoms with Gasteiger partial charge in [0.1, 0.15) is 0 Å². The van der Waals surface area contributed by atoms with Crippen LogP contribution in [0.5, 0.6) is 0 Å². The highest BCUT2D eigenvalue weighted by atomic mass is 14.9. The molecule has 0 aliphatic heterocycles. The van der Waals surface area contributed by atoms with Gasteiger partial charge in [0, 0.05) is 6.54 Å². The van der Waals surface area contributed by atoms with Gasteiger partial charge < -0.3 is 5.32 Å². The van der Waals surface area contributed by atoms with Crippen molar-refractivity contribution in [1.29, 1.82) is 0 Å². The first kappa shape index (κ1) is 11.0. The van der Waals surface area contributed by atoms with Crippen molar-refractivity contribution in [2.45, 2.75) is 41.0 Å². The van der Waals surface area contributed by atoms with Crippen molar-refractivity contribution in [3.8, 4) is 0 Å². The second kappa shape index (κ2) is 4.76. The van der Waals surface area contributed by atoms with Crippen molar-refractivity contribution in [1.82, 2.24) is 5.32 Å². The average Bonchev–Trinajstić information content (AvgIpc) is 1.87. The molecule has 68 valence electrons. The van der Waals surface area contributed by atoms with E-state index in [2.05, 4.69) is 39.9 Å². The van der Waals surface area contributed by atoms with Gasteiger partial charge in [-0.3, -0.25) is 0 Å². The summed E-state index contributed by atoms with van der Waals surface area (Å²) < 4.78 is 0. The van der Waals surface area contributed by atoms with E-state index in [0.717, 1.165) is 19.0 Å². The molecule has 0 radical (unpaired) electrons. The molecule has 0 aromatic carbocycles. The summed E-state index contributed by atoms with van der Waals surface area (Å²) in [6.45, 7) is 13.6. The summed E-state index contributed by atoms with van der Waals surface area (Å²) in [5, 5.41) is 3.48. The molecule has 0 saturated heterocycles. The molecular formula is C10H23N. The average molecular weight is 157 g/mol. The first-order chi connectivity index (χ1) is 4.98. The Bertz CT molecular complexity index is 95.0. The van der Waals surface area contributed by atoms with Gasteiger partial charge in [0.2, 0.25) is 0 Å². The molecule has 0 aromatic rings. The van der Waals surface area contributed by atoms with Crippen molar-refractivity contribution in [3.63, 3.8) is 0 Å². The Hall–Kier alpha value is -0.0400. The standard InChI is InChI=1S/C10H23N/c1-6-10(4,5)8-11-7-9(2)3/h9,11H,6-8H2,1-5H3. The monoisotopic (exact) mass is 157 g/mol. The maximum Gasteiger partial charge on any atom is 0.000253 e.